The Bertz CT molecular complexity index is 1290. The Kier molecular flexibility index (Phi) is 9.42. The molecule has 0 heterocycles. The van der Waals surface area contributed by atoms with Gasteiger partial charge in [0.1, 0.15) is 12.1 Å². The van der Waals surface area contributed by atoms with Crippen LogP contribution in [0.25, 0.3) is 10.8 Å². The zero-order valence-electron chi connectivity index (χ0n) is 22.6. The van der Waals surface area contributed by atoms with Crippen LogP contribution in [0.3, 0.4) is 0 Å². The summed E-state index contributed by atoms with van der Waals surface area (Å²) in [5, 5.41) is 2.05. The highest BCUT2D eigenvalue weighted by Gasteiger charge is 2.34. The van der Waals surface area contributed by atoms with Crippen LogP contribution in [0, 0.1) is 0 Å². The van der Waals surface area contributed by atoms with Gasteiger partial charge in [-0.05, 0) is 48.2 Å². The molecule has 0 bridgehead atoms. The average Bonchev–Trinajstić information content (AvgIpc) is 2.89. The third-order valence-corrected chi connectivity index (χ3v) is 6.71. The monoisotopic (exact) mass is 514 g/mol. The zero-order valence-corrected chi connectivity index (χ0v) is 22.6. The highest BCUT2D eigenvalue weighted by molar-refractivity contribution is 5.95. The number of nitrogens with two attached hydrogens (primary N) is 2. The van der Waals surface area contributed by atoms with Gasteiger partial charge >= 0.3 is 0 Å². The number of likely N-dealkylation sites (N-methyl/N-ethyl adjacent to an activating group) is 2. The van der Waals surface area contributed by atoms with E-state index in [0.717, 1.165) is 21.9 Å². The van der Waals surface area contributed by atoms with E-state index in [1.165, 1.54) is 15.9 Å². The van der Waals surface area contributed by atoms with Crippen LogP contribution in [0.5, 0.6) is 0 Å². The first-order valence-electron chi connectivity index (χ1n) is 12.8. The third-order valence-electron chi connectivity index (χ3n) is 6.71. The standard InChI is InChI=1S/C31H38N4O3/c1-31(2,33)19-11-18-28(36)34(3)27(21-24-16-10-15-23-14-8-9-17-25(23)24)30(38)35(4)26(29(32)37)20-22-12-6-5-7-13-22/h5-18,26-27H,19-21,33H2,1-4H3,(H2,32,37)/b18-11+/t26-,27-/m1/s1. The summed E-state index contributed by atoms with van der Waals surface area (Å²) in [6.07, 6.45) is 4.24. The first kappa shape index (κ1) is 28.6. The summed E-state index contributed by atoms with van der Waals surface area (Å²) in [5.41, 5.74) is 13.2. The summed E-state index contributed by atoms with van der Waals surface area (Å²) in [5.74, 6) is -1.28. The number of carbonyl (C=O) groups is 3. The molecule has 0 saturated heterocycles. The second kappa shape index (κ2) is 12.5. The van der Waals surface area contributed by atoms with E-state index >= 15 is 0 Å². The van der Waals surface area contributed by atoms with Crippen LogP contribution < -0.4 is 11.5 Å². The molecule has 3 amide bonds. The van der Waals surface area contributed by atoms with E-state index in [2.05, 4.69) is 0 Å². The molecule has 7 heteroatoms. The van der Waals surface area contributed by atoms with Crippen molar-refractivity contribution < 1.29 is 14.4 Å². The van der Waals surface area contributed by atoms with E-state index in [1.54, 1.807) is 20.2 Å². The number of amides is 3. The Morgan fingerprint density at radius 1 is 0.842 bits per heavy atom. The zero-order chi connectivity index (χ0) is 27.9. The van der Waals surface area contributed by atoms with E-state index in [1.807, 2.05) is 86.6 Å². The van der Waals surface area contributed by atoms with Crippen LogP contribution in [0.4, 0.5) is 0 Å². The van der Waals surface area contributed by atoms with Gasteiger partial charge in [0.05, 0.1) is 0 Å². The maximum absolute atomic E-state index is 14.0. The first-order chi connectivity index (χ1) is 18.0. The molecular weight excluding hydrogens is 476 g/mol. The normalized spacial score (nSPS) is 13.3. The van der Waals surface area contributed by atoms with Crippen LogP contribution in [0.1, 0.15) is 31.4 Å². The molecule has 0 fully saturated rings. The first-order valence-corrected chi connectivity index (χ1v) is 12.8. The van der Waals surface area contributed by atoms with Crippen LogP contribution in [-0.2, 0) is 27.2 Å². The maximum Gasteiger partial charge on any atom is 0.246 e. The average molecular weight is 515 g/mol. The summed E-state index contributed by atoms with van der Waals surface area (Å²) < 4.78 is 0. The summed E-state index contributed by atoms with van der Waals surface area (Å²) in [6.45, 7) is 3.76. The number of primary amides is 1. The van der Waals surface area contributed by atoms with Crippen molar-refractivity contribution in [2.24, 2.45) is 11.5 Å². The Morgan fingerprint density at radius 2 is 1.47 bits per heavy atom. The minimum Gasteiger partial charge on any atom is -0.368 e. The molecule has 200 valence electrons. The van der Waals surface area contributed by atoms with Crippen molar-refractivity contribution in [3.8, 4) is 0 Å². The molecule has 0 aliphatic carbocycles. The number of hydrogen-bond donors (Lipinski definition) is 2. The Morgan fingerprint density at radius 3 is 2.13 bits per heavy atom. The topological polar surface area (TPSA) is 110 Å². The molecule has 0 radical (unpaired) electrons. The number of carbonyl (C=O) groups excluding carboxylic acids is 3. The number of benzene rings is 3. The maximum atomic E-state index is 14.0. The molecule has 4 N–H and O–H groups in total. The summed E-state index contributed by atoms with van der Waals surface area (Å²) in [6, 6.07) is 21.5. The van der Waals surface area contributed by atoms with Gasteiger partial charge < -0.3 is 21.3 Å². The molecule has 3 aromatic rings. The number of rotatable bonds is 11. The van der Waals surface area contributed by atoms with Gasteiger partial charge in [-0.2, -0.15) is 0 Å². The second-order valence-corrected chi connectivity index (χ2v) is 10.5. The molecule has 0 unspecified atom stereocenters. The van der Waals surface area contributed by atoms with Gasteiger partial charge in [0, 0.05) is 32.5 Å². The van der Waals surface area contributed by atoms with Gasteiger partial charge in [-0.25, -0.2) is 0 Å². The predicted molar refractivity (Wildman–Crippen MR) is 152 cm³/mol. The van der Waals surface area contributed by atoms with Gasteiger partial charge in [-0.15, -0.1) is 0 Å². The molecule has 2 atom stereocenters. The summed E-state index contributed by atoms with van der Waals surface area (Å²) >= 11 is 0. The van der Waals surface area contributed by atoms with E-state index < -0.39 is 23.5 Å². The lowest BCUT2D eigenvalue weighted by molar-refractivity contribution is -0.145. The number of nitrogens with zero attached hydrogens (tertiary/aromatic N) is 2. The Balaban J connectivity index is 1.95. The molecule has 0 aliphatic rings. The van der Waals surface area contributed by atoms with Crippen LogP contribution in [0.15, 0.2) is 84.9 Å². The highest BCUT2D eigenvalue weighted by Crippen LogP contribution is 2.22. The van der Waals surface area contributed by atoms with Crippen LogP contribution in [-0.4, -0.2) is 59.2 Å². The quantitative estimate of drug-likeness (QED) is 0.382. The molecule has 7 nitrogen and oxygen atoms in total. The predicted octanol–water partition coefficient (Wildman–Crippen LogP) is 3.45. The van der Waals surface area contributed by atoms with Crippen molar-refractivity contribution in [1.29, 1.82) is 0 Å². The van der Waals surface area contributed by atoms with E-state index in [9.17, 15) is 14.4 Å². The highest BCUT2D eigenvalue weighted by atomic mass is 16.2. The largest absolute Gasteiger partial charge is 0.368 e. The smallest absolute Gasteiger partial charge is 0.246 e. The van der Waals surface area contributed by atoms with Gasteiger partial charge in [-0.1, -0.05) is 78.9 Å². The van der Waals surface area contributed by atoms with Crippen molar-refractivity contribution >= 4 is 28.5 Å². The fourth-order valence-electron chi connectivity index (χ4n) is 4.46. The van der Waals surface area contributed by atoms with Crippen molar-refractivity contribution in [1.82, 2.24) is 9.80 Å². The van der Waals surface area contributed by atoms with Crippen molar-refractivity contribution in [2.45, 2.75) is 50.7 Å². The fraction of sp³-hybridized carbons (Fsp3) is 0.323. The number of hydrogen-bond acceptors (Lipinski definition) is 4. The minimum absolute atomic E-state index is 0.278. The lowest BCUT2D eigenvalue weighted by atomic mass is 9.96. The molecule has 0 aromatic heterocycles. The molecule has 0 saturated carbocycles. The van der Waals surface area contributed by atoms with Crippen LogP contribution in [0.2, 0.25) is 0 Å². The van der Waals surface area contributed by atoms with Gasteiger partial charge in [0.25, 0.3) is 0 Å². The number of fused-ring (bicyclic) bond motifs is 1. The molecule has 3 rings (SSSR count). The lowest BCUT2D eigenvalue weighted by Gasteiger charge is -2.34. The minimum atomic E-state index is -0.864. The van der Waals surface area contributed by atoms with Gasteiger partial charge in [0.15, 0.2) is 0 Å². The SMILES string of the molecule is CN(C(=O)/C=C/CC(C)(C)N)[C@H](Cc1cccc2ccccc12)C(=O)N(C)[C@H](Cc1ccccc1)C(N)=O. The van der Waals surface area contributed by atoms with Crippen molar-refractivity contribution in [2.75, 3.05) is 14.1 Å². The van der Waals surface area contributed by atoms with E-state index in [-0.39, 0.29) is 24.7 Å². The lowest BCUT2D eigenvalue weighted by Crippen LogP contribution is -2.55. The molecule has 38 heavy (non-hydrogen) atoms. The third kappa shape index (κ3) is 7.52. The van der Waals surface area contributed by atoms with E-state index in [0.29, 0.717) is 6.42 Å². The van der Waals surface area contributed by atoms with Crippen molar-refractivity contribution in [3.05, 3.63) is 96.1 Å². The van der Waals surface area contributed by atoms with Crippen LogP contribution >= 0.6 is 0 Å². The van der Waals surface area contributed by atoms with Gasteiger partial charge in [-0.3, -0.25) is 14.4 Å². The van der Waals surface area contributed by atoms with E-state index in [4.69, 9.17) is 11.5 Å². The fourth-order valence-corrected chi connectivity index (χ4v) is 4.46. The molecule has 0 spiro atoms. The molecule has 0 aliphatic heterocycles. The summed E-state index contributed by atoms with van der Waals surface area (Å²) in [4.78, 5) is 42.4. The second-order valence-electron chi connectivity index (χ2n) is 10.5. The molecule has 3 aromatic carbocycles. The molecular formula is C31H38N4O3. The van der Waals surface area contributed by atoms with Crippen molar-refractivity contribution in [3.63, 3.8) is 0 Å². The summed E-state index contributed by atoms with van der Waals surface area (Å²) in [7, 11) is 3.18. The van der Waals surface area contributed by atoms with Gasteiger partial charge in [0.2, 0.25) is 17.7 Å². The Hall–Kier alpha value is -3.97. The Labute approximate surface area is 225 Å².